The second kappa shape index (κ2) is 5.30. The molecule has 0 aliphatic carbocycles. The molecule has 1 amide bonds. The molecule has 2 aromatic heterocycles. The van der Waals surface area contributed by atoms with Crippen LogP contribution in [0.5, 0.6) is 0 Å². The van der Waals surface area contributed by atoms with Gasteiger partial charge in [0.25, 0.3) is 5.91 Å². The number of carbonyl (C=O) groups is 2. The van der Waals surface area contributed by atoms with Crippen molar-refractivity contribution >= 4 is 17.6 Å². The normalized spacial score (nSPS) is 10.2. The van der Waals surface area contributed by atoms with Crippen LogP contribution in [0.4, 0.5) is 5.69 Å². The molecule has 19 heavy (non-hydrogen) atoms. The van der Waals surface area contributed by atoms with Crippen molar-refractivity contribution in [1.29, 1.82) is 0 Å². The molecule has 2 aromatic rings. The molecule has 0 aromatic carbocycles. The number of nitrogens with one attached hydrogen (secondary N) is 1. The van der Waals surface area contributed by atoms with Gasteiger partial charge in [-0.25, -0.2) is 4.98 Å². The number of carboxylic acids is 1. The van der Waals surface area contributed by atoms with Crippen molar-refractivity contribution in [3.05, 3.63) is 41.9 Å². The molecule has 2 heterocycles. The maximum atomic E-state index is 11.8. The number of hydrogen-bond acceptors (Lipinski definition) is 5. The number of anilines is 1. The van der Waals surface area contributed by atoms with Crippen LogP contribution in [0.15, 0.2) is 29.1 Å². The predicted octanol–water partition coefficient (Wildman–Crippen LogP) is 1.26. The smallest absolute Gasteiger partial charge is 0.309 e. The summed E-state index contributed by atoms with van der Waals surface area (Å²) in [4.78, 5) is 30.0. The molecule has 7 nitrogen and oxygen atoms in total. The first-order valence-corrected chi connectivity index (χ1v) is 5.44. The Balaban J connectivity index is 2.06. The van der Waals surface area contributed by atoms with E-state index in [2.05, 4.69) is 15.3 Å². The van der Waals surface area contributed by atoms with Gasteiger partial charge in [0.05, 0.1) is 29.7 Å². The number of carbonyl (C=O) groups excluding carboxylic acids is 1. The predicted molar refractivity (Wildman–Crippen MR) is 64.8 cm³/mol. The number of aryl methyl sites for hydroxylation is 1. The Morgan fingerprint density at radius 1 is 1.37 bits per heavy atom. The number of pyridine rings is 1. The summed E-state index contributed by atoms with van der Waals surface area (Å²) in [6.07, 6.45) is 2.43. The van der Waals surface area contributed by atoms with E-state index in [-0.39, 0.29) is 12.2 Å². The molecule has 0 bridgehead atoms. The summed E-state index contributed by atoms with van der Waals surface area (Å²) < 4.78 is 4.95. The average Bonchev–Trinajstić information content (AvgIpc) is 2.77. The average molecular weight is 261 g/mol. The number of nitrogens with zero attached hydrogens (tertiary/aromatic N) is 2. The van der Waals surface area contributed by atoms with E-state index in [0.717, 1.165) is 0 Å². The number of rotatable bonds is 4. The third-order valence-electron chi connectivity index (χ3n) is 2.37. The van der Waals surface area contributed by atoms with Crippen LogP contribution in [0.25, 0.3) is 0 Å². The fourth-order valence-electron chi connectivity index (χ4n) is 1.47. The Morgan fingerprint density at radius 3 is 2.68 bits per heavy atom. The monoisotopic (exact) mass is 261 g/mol. The van der Waals surface area contributed by atoms with Gasteiger partial charge in [-0.05, 0) is 19.1 Å². The van der Waals surface area contributed by atoms with Gasteiger partial charge in [-0.1, -0.05) is 0 Å². The second-order valence-electron chi connectivity index (χ2n) is 3.83. The van der Waals surface area contributed by atoms with Crippen molar-refractivity contribution < 1.29 is 19.1 Å². The lowest BCUT2D eigenvalue weighted by molar-refractivity contribution is -0.136. The molecule has 0 unspecified atom stereocenters. The summed E-state index contributed by atoms with van der Waals surface area (Å²) in [5.41, 5.74) is 1.37. The summed E-state index contributed by atoms with van der Waals surface area (Å²) in [6, 6.07) is 3.12. The van der Waals surface area contributed by atoms with E-state index >= 15 is 0 Å². The Bertz CT molecular complexity index is 604. The number of carboxylic acid groups (broad SMARTS) is 1. The molecular weight excluding hydrogens is 250 g/mol. The Kier molecular flexibility index (Phi) is 3.56. The van der Waals surface area contributed by atoms with Crippen LogP contribution < -0.4 is 5.32 Å². The molecule has 2 rings (SSSR count). The Labute approximate surface area is 108 Å². The fourth-order valence-corrected chi connectivity index (χ4v) is 1.47. The summed E-state index contributed by atoms with van der Waals surface area (Å²) in [5, 5.41) is 11.2. The number of aliphatic carboxylic acids is 1. The van der Waals surface area contributed by atoms with Crippen LogP contribution in [-0.2, 0) is 11.2 Å². The lowest BCUT2D eigenvalue weighted by atomic mass is 10.2. The SMILES string of the molecule is Cc1ncoc1C(=O)Nc1ccc(CC(=O)O)nc1. The summed E-state index contributed by atoms with van der Waals surface area (Å²) >= 11 is 0. The molecule has 2 N–H and O–H groups in total. The van der Waals surface area contributed by atoms with E-state index in [1.54, 1.807) is 13.0 Å². The summed E-state index contributed by atoms with van der Waals surface area (Å²) in [5.74, 6) is -1.25. The fraction of sp³-hybridized carbons (Fsp3) is 0.167. The van der Waals surface area contributed by atoms with Crippen molar-refractivity contribution in [3.8, 4) is 0 Å². The van der Waals surface area contributed by atoms with Gasteiger partial charge in [-0.3, -0.25) is 14.6 Å². The lowest BCUT2D eigenvalue weighted by Crippen LogP contribution is -2.12. The van der Waals surface area contributed by atoms with E-state index in [9.17, 15) is 9.59 Å². The zero-order valence-corrected chi connectivity index (χ0v) is 10.1. The van der Waals surface area contributed by atoms with E-state index in [0.29, 0.717) is 17.1 Å². The van der Waals surface area contributed by atoms with Gasteiger partial charge in [0.15, 0.2) is 6.39 Å². The molecule has 0 radical (unpaired) electrons. The van der Waals surface area contributed by atoms with Crippen molar-refractivity contribution in [2.24, 2.45) is 0 Å². The van der Waals surface area contributed by atoms with E-state index in [4.69, 9.17) is 9.52 Å². The zero-order chi connectivity index (χ0) is 13.8. The molecule has 98 valence electrons. The number of hydrogen-bond donors (Lipinski definition) is 2. The van der Waals surface area contributed by atoms with Gasteiger partial charge in [0, 0.05) is 0 Å². The van der Waals surface area contributed by atoms with Crippen molar-refractivity contribution in [3.63, 3.8) is 0 Å². The van der Waals surface area contributed by atoms with Crippen LogP contribution in [0.3, 0.4) is 0 Å². The third-order valence-corrected chi connectivity index (χ3v) is 2.37. The van der Waals surface area contributed by atoms with Gasteiger partial charge < -0.3 is 14.8 Å². The van der Waals surface area contributed by atoms with Crippen LogP contribution in [0.1, 0.15) is 21.9 Å². The molecule has 0 atom stereocenters. The zero-order valence-electron chi connectivity index (χ0n) is 10.1. The summed E-state index contributed by atoms with van der Waals surface area (Å²) in [7, 11) is 0. The third kappa shape index (κ3) is 3.15. The first-order valence-electron chi connectivity index (χ1n) is 5.44. The minimum absolute atomic E-state index is 0.134. The minimum Gasteiger partial charge on any atom is -0.481 e. The van der Waals surface area contributed by atoms with Gasteiger partial charge >= 0.3 is 5.97 Å². The van der Waals surface area contributed by atoms with Crippen LogP contribution in [0, 0.1) is 6.92 Å². The Hall–Kier alpha value is -2.70. The van der Waals surface area contributed by atoms with Crippen molar-refractivity contribution in [1.82, 2.24) is 9.97 Å². The molecule has 0 saturated carbocycles. The standard InChI is InChI=1S/C12H11N3O4/c1-7-11(19-6-14-7)12(18)15-9-3-2-8(13-5-9)4-10(16)17/h2-3,5-6H,4H2,1H3,(H,15,18)(H,16,17). The van der Waals surface area contributed by atoms with E-state index in [1.807, 2.05) is 0 Å². The van der Waals surface area contributed by atoms with Gasteiger partial charge in [-0.2, -0.15) is 0 Å². The second-order valence-corrected chi connectivity index (χ2v) is 3.83. The molecule has 7 heteroatoms. The highest BCUT2D eigenvalue weighted by Gasteiger charge is 2.14. The van der Waals surface area contributed by atoms with Gasteiger partial charge in [0.1, 0.15) is 0 Å². The number of aromatic nitrogens is 2. The van der Waals surface area contributed by atoms with E-state index < -0.39 is 11.9 Å². The quantitative estimate of drug-likeness (QED) is 0.858. The van der Waals surface area contributed by atoms with Gasteiger partial charge in [-0.15, -0.1) is 0 Å². The first-order chi connectivity index (χ1) is 9.06. The maximum Gasteiger partial charge on any atom is 0.309 e. The molecule has 0 spiro atoms. The highest BCUT2D eigenvalue weighted by Crippen LogP contribution is 2.11. The van der Waals surface area contributed by atoms with Crippen LogP contribution in [0.2, 0.25) is 0 Å². The molecule has 0 aliphatic heterocycles. The summed E-state index contributed by atoms with van der Waals surface area (Å²) in [6.45, 7) is 1.66. The number of oxazole rings is 1. The minimum atomic E-state index is -0.957. The van der Waals surface area contributed by atoms with E-state index in [1.165, 1.54) is 18.7 Å². The maximum absolute atomic E-state index is 11.8. The molecule has 0 saturated heterocycles. The van der Waals surface area contributed by atoms with Crippen LogP contribution in [-0.4, -0.2) is 27.0 Å². The lowest BCUT2D eigenvalue weighted by Gasteiger charge is -2.03. The first kappa shape index (κ1) is 12.7. The number of amides is 1. The highest BCUT2D eigenvalue weighted by atomic mass is 16.4. The Morgan fingerprint density at radius 2 is 2.16 bits per heavy atom. The molecule has 0 fully saturated rings. The van der Waals surface area contributed by atoms with Crippen LogP contribution >= 0.6 is 0 Å². The van der Waals surface area contributed by atoms with Crippen molar-refractivity contribution in [2.75, 3.05) is 5.32 Å². The topological polar surface area (TPSA) is 105 Å². The molecular formula is C12H11N3O4. The van der Waals surface area contributed by atoms with Crippen molar-refractivity contribution in [2.45, 2.75) is 13.3 Å². The largest absolute Gasteiger partial charge is 0.481 e. The molecule has 0 aliphatic rings. The van der Waals surface area contributed by atoms with Gasteiger partial charge in [0.2, 0.25) is 5.76 Å². The highest BCUT2D eigenvalue weighted by molar-refractivity contribution is 6.02.